The quantitative estimate of drug-likeness (QED) is 0.649. The molecule has 0 fully saturated rings. The van der Waals surface area contributed by atoms with Crippen molar-refractivity contribution in [2.75, 3.05) is 0 Å². The fraction of sp³-hybridized carbons (Fsp3) is 0.364. The van der Waals surface area contributed by atoms with E-state index >= 15 is 0 Å². The number of aryl methyl sites for hydroxylation is 1. The van der Waals surface area contributed by atoms with Gasteiger partial charge >= 0.3 is 0 Å². The largest absolute Gasteiger partial charge is 0.378 e. The van der Waals surface area contributed by atoms with Crippen LogP contribution in [0.5, 0.6) is 0 Å². The van der Waals surface area contributed by atoms with Gasteiger partial charge in [-0.15, -0.1) is 0 Å². The Hall–Kier alpha value is -1.15. The molecule has 0 heterocycles. The van der Waals surface area contributed by atoms with Crippen molar-refractivity contribution in [1.29, 1.82) is 0 Å². The highest BCUT2D eigenvalue weighted by Gasteiger charge is 2.36. The first-order valence-corrected chi connectivity index (χ1v) is 4.46. The molecular weight excluding hydrogens is 164 g/mol. The van der Waals surface area contributed by atoms with E-state index < -0.39 is 5.60 Å². The van der Waals surface area contributed by atoms with Crippen molar-refractivity contribution in [3.8, 4) is 0 Å². The second kappa shape index (κ2) is 2.67. The minimum Gasteiger partial charge on any atom is -0.378 e. The van der Waals surface area contributed by atoms with E-state index in [1.54, 1.807) is 6.92 Å². The summed E-state index contributed by atoms with van der Waals surface area (Å²) in [5, 5.41) is 9.95. The number of ketones is 1. The zero-order valence-electron chi connectivity index (χ0n) is 7.58. The SMILES string of the molecule is C[C@]1(O)C(=O)CCc2ccccc21. The van der Waals surface area contributed by atoms with Gasteiger partial charge in [-0.1, -0.05) is 24.3 Å². The minimum absolute atomic E-state index is 0.0776. The molecule has 0 aliphatic heterocycles. The molecule has 0 unspecified atom stereocenters. The molecule has 1 aromatic rings. The van der Waals surface area contributed by atoms with Crippen molar-refractivity contribution in [2.24, 2.45) is 0 Å². The maximum Gasteiger partial charge on any atom is 0.168 e. The molecule has 1 N–H and O–H groups in total. The second-order valence-electron chi connectivity index (χ2n) is 3.65. The highest BCUT2D eigenvalue weighted by molar-refractivity contribution is 5.90. The van der Waals surface area contributed by atoms with Crippen LogP contribution in [0.1, 0.15) is 24.5 Å². The fourth-order valence-corrected chi connectivity index (χ4v) is 1.86. The summed E-state index contributed by atoms with van der Waals surface area (Å²) in [4.78, 5) is 11.4. The van der Waals surface area contributed by atoms with Crippen LogP contribution in [-0.4, -0.2) is 10.9 Å². The molecule has 68 valence electrons. The third kappa shape index (κ3) is 1.18. The number of carbonyl (C=O) groups excluding carboxylic acids is 1. The molecule has 2 rings (SSSR count). The van der Waals surface area contributed by atoms with Gasteiger partial charge in [0.25, 0.3) is 0 Å². The number of Topliss-reactive ketones (excluding diaryl/α,β-unsaturated/α-hetero) is 1. The van der Waals surface area contributed by atoms with Gasteiger partial charge < -0.3 is 5.11 Å². The number of benzene rings is 1. The predicted molar refractivity (Wildman–Crippen MR) is 49.3 cm³/mol. The summed E-state index contributed by atoms with van der Waals surface area (Å²) in [7, 11) is 0. The van der Waals surface area contributed by atoms with Crippen LogP contribution in [0.2, 0.25) is 0 Å². The number of aliphatic hydroxyl groups is 1. The van der Waals surface area contributed by atoms with E-state index in [9.17, 15) is 9.90 Å². The number of rotatable bonds is 0. The lowest BCUT2D eigenvalue weighted by Gasteiger charge is -2.29. The zero-order chi connectivity index (χ0) is 9.47. The van der Waals surface area contributed by atoms with Crippen molar-refractivity contribution in [3.63, 3.8) is 0 Å². The third-order valence-corrected chi connectivity index (χ3v) is 2.71. The average molecular weight is 176 g/mol. The Labute approximate surface area is 77.2 Å². The van der Waals surface area contributed by atoms with Crippen molar-refractivity contribution in [1.82, 2.24) is 0 Å². The topological polar surface area (TPSA) is 37.3 Å². The van der Waals surface area contributed by atoms with Crippen LogP contribution in [0.15, 0.2) is 24.3 Å². The van der Waals surface area contributed by atoms with Crippen molar-refractivity contribution in [3.05, 3.63) is 35.4 Å². The molecule has 0 amide bonds. The Morgan fingerprint density at radius 2 is 2.00 bits per heavy atom. The van der Waals surface area contributed by atoms with Gasteiger partial charge in [0.2, 0.25) is 0 Å². The summed E-state index contributed by atoms with van der Waals surface area (Å²) >= 11 is 0. The summed E-state index contributed by atoms with van der Waals surface area (Å²) in [5.74, 6) is -0.0776. The average Bonchev–Trinajstić information content (AvgIpc) is 2.13. The maximum absolute atomic E-state index is 11.4. The van der Waals surface area contributed by atoms with Crippen molar-refractivity contribution >= 4 is 5.78 Å². The molecule has 1 aliphatic carbocycles. The summed E-state index contributed by atoms with van der Waals surface area (Å²) in [5.41, 5.74) is 0.591. The minimum atomic E-state index is -1.27. The molecule has 0 saturated carbocycles. The summed E-state index contributed by atoms with van der Waals surface area (Å²) in [6.07, 6.45) is 1.20. The number of fused-ring (bicyclic) bond motifs is 1. The molecule has 0 aromatic heterocycles. The lowest BCUT2D eigenvalue weighted by atomic mass is 9.79. The molecule has 1 aliphatic rings. The highest BCUT2D eigenvalue weighted by Crippen LogP contribution is 2.31. The van der Waals surface area contributed by atoms with Gasteiger partial charge in [0, 0.05) is 6.42 Å². The molecular formula is C11H12O2. The fourth-order valence-electron chi connectivity index (χ4n) is 1.86. The predicted octanol–water partition coefficient (Wildman–Crippen LogP) is 1.41. The number of hydrogen-bond acceptors (Lipinski definition) is 2. The Balaban J connectivity index is 2.59. The van der Waals surface area contributed by atoms with Crippen molar-refractivity contribution < 1.29 is 9.90 Å². The van der Waals surface area contributed by atoms with Gasteiger partial charge in [-0.2, -0.15) is 0 Å². The van der Waals surface area contributed by atoms with Crippen LogP contribution in [0, 0.1) is 0 Å². The number of hydrogen-bond donors (Lipinski definition) is 1. The Morgan fingerprint density at radius 3 is 2.77 bits per heavy atom. The maximum atomic E-state index is 11.4. The Morgan fingerprint density at radius 1 is 1.31 bits per heavy atom. The van der Waals surface area contributed by atoms with Crippen LogP contribution >= 0.6 is 0 Å². The molecule has 1 aromatic carbocycles. The van der Waals surface area contributed by atoms with E-state index in [4.69, 9.17) is 0 Å². The summed E-state index contributed by atoms with van der Waals surface area (Å²) < 4.78 is 0. The van der Waals surface area contributed by atoms with Gasteiger partial charge in [0.1, 0.15) is 5.60 Å². The standard InChI is InChI=1S/C11H12O2/c1-11(13)9-5-3-2-4-8(9)6-7-10(11)12/h2-5,13H,6-7H2,1H3/t11-/m1/s1. The third-order valence-electron chi connectivity index (χ3n) is 2.71. The second-order valence-corrected chi connectivity index (χ2v) is 3.65. The molecule has 0 bridgehead atoms. The van der Waals surface area contributed by atoms with E-state index in [2.05, 4.69) is 0 Å². The Kier molecular flexibility index (Phi) is 1.74. The van der Waals surface area contributed by atoms with Crippen LogP contribution in [-0.2, 0) is 16.8 Å². The van der Waals surface area contributed by atoms with E-state index in [1.165, 1.54) is 0 Å². The molecule has 0 saturated heterocycles. The number of carbonyl (C=O) groups is 1. The van der Waals surface area contributed by atoms with Gasteiger partial charge in [0.05, 0.1) is 0 Å². The summed E-state index contributed by atoms with van der Waals surface area (Å²) in [6, 6.07) is 7.58. The van der Waals surface area contributed by atoms with Crippen LogP contribution in [0.4, 0.5) is 0 Å². The first-order valence-electron chi connectivity index (χ1n) is 4.46. The van der Waals surface area contributed by atoms with Gasteiger partial charge in [-0.3, -0.25) is 4.79 Å². The van der Waals surface area contributed by atoms with Crippen LogP contribution in [0.3, 0.4) is 0 Å². The van der Waals surface area contributed by atoms with E-state index in [0.717, 1.165) is 17.5 Å². The van der Waals surface area contributed by atoms with Gasteiger partial charge in [0.15, 0.2) is 5.78 Å². The molecule has 13 heavy (non-hydrogen) atoms. The van der Waals surface area contributed by atoms with Gasteiger partial charge in [-0.25, -0.2) is 0 Å². The van der Waals surface area contributed by atoms with Crippen molar-refractivity contribution in [2.45, 2.75) is 25.4 Å². The first-order chi connectivity index (χ1) is 6.12. The molecule has 0 radical (unpaired) electrons. The van der Waals surface area contributed by atoms with E-state index in [0.29, 0.717) is 6.42 Å². The highest BCUT2D eigenvalue weighted by atomic mass is 16.3. The molecule has 0 spiro atoms. The monoisotopic (exact) mass is 176 g/mol. The van der Waals surface area contributed by atoms with Crippen LogP contribution in [0.25, 0.3) is 0 Å². The van der Waals surface area contributed by atoms with E-state index in [-0.39, 0.29) is 5.78 Å². The molecule has 2 heteroatoms. The Bertz CT molecular complexity index is 353. The zero-order valence-corrected chi connectivity index (χ0v) is 7.58. The first kappa shape index (κ1) is 8.45. The lowest BCUT2D eigenvalue weighted by molar-refractivity contribution is -0.137. The summed E-state index contributed by atoms with van der Waals surface area (Å²) in [6.45, 7) is 1.58. The smallest absolute Gasteiger partial charge is 0.168 e. The van der Waals surface area contributed by atoms with E-state index in [1.807, 2.05) is 24.3 Å². The molecule has 1 atom stereocenters. The molecule has 2 nitrogen and oxygen atoms in total. The van der Waals surface area contributed by atoms with Crippen LogP contribution < -0.4 is 0 Å². The lowest BCUT2D eigenvalue weighted by Crippen LogP contribution is -2.36. The van der Waals surface area contributed by atoms with Gasteiger partial charge in [-0.05, 0) is 24.5 Å². The normalized spacial score (nSPS) is 27.1.